The number of allylic oxidation sites excluding steroid dienone is 2. The van der Waals surface area contributed by atoms with Gasteiger partial charge in [-0.1, -0.05) is 24.3 Å². The first kappa shape index (κ1) is 10.8. The van der Waals surface area contributed by atoms with E-state index in [9.17, 15) is 0 Å². The van der Waals surface area contributed by atoms with Crippen LogP contribution in [0.1, 0.15) is 19.3 Å². The molecule has 4 unspecified atom stereocenters. The van der Waals surface area contributed by atoms with E-state index >= 15 is 0 Å². The molecule has 0 aromatic rings. The number of hydrogen-bond donors (Lipinski definition) is 0. The van der Waals surface area contributed by atoms with Gasteiger partial charge in [-0.15, -0.1) is 0 Å². The smallest absolute Gasteiger partial charge is 0.339 e. The molecule has 1 aliphatic heterocycles. The van der Waals surface area contributed by atoms with Crippen molar-refractivity contribution < 1.29 is 8.85 Å². The van der Waals surface area contributed by atoms with Crippen molar-refractivity contribution in [1.29, 1.82) is 0 Å². The zero-order valence-corrected chi connectivity index (χ0v) is 10.9. The van der Waals surface area contributed by atoms with Gasteiger partial charge in [0.2, 0.25) is 0 Å². The van der Waals surface area contributed by atoms with Crippen LogP contribution >= 0.6 is 0 Å². The van der Waals surface area contributed by atoms with Crippen LogP contribution in [-0.2, 0) is 8.85 Å². The highest BCUT2D eigenvalue weighted by molar-refractivity contribution is 6.67. The minimum absolute atomic E-state index is 0.689. The summed E-state index contributed by atoms with van der Waals surface area (Å²) in [5.74, 6) is 1.55. The topological polar surface area (TPSA) is 18.5 Å². The van der Waals surface area contributed by atoms with E-state index in [1.165, 1.54) is 12.8 Å². The SMILES string of the molecule is C[Si]1(C2CC3C=CC2C3)OC/C=C\CCO1. The Kier molecular flexibility index (Phi) is 2.78. The minimum atomic E-state index is -1.94. The Bertz CT molecular complexity index is 326. The Morgan fingerprint density at radius 2 is 2.06 bits per heavy atom. The van der Waals surface area contributed by atoms with E-state index in [1.807, 2.05) is 0 Å². The van der Waals surface area contributed by atoms with E-state index in [2.05, 4.69) is 30.9 Å². The summed E-state index contributed by atoms with van der Waals surface area (Å²) < 4.78 is 12.2. The van der Waals surface area contributed by atoms with Gasteiger partial charge >= 0.3 is 8.56 Å². The van der Waals surface area contributed by atoms with Gasteiger partial charge in [0, 0.05) is 12.1 Å². The van der Waals surface area contributed by atoms with Gasteiger partial charge in [-0.05, 0) is 37.6 Å². The third kappa shape index (κ3) is 1.81. The first-order valence-electron chi connectivity index (χ1n) is 6.39. The molecule has 2 aliphatic carbocycles. The standard InChI is InChI=1S/C13H20O2Si/c1-16(14-7-3-2-4-8-15-16)13-10-11-5-6-12(13)9-11/h2-3,5-6,11-13H,4,7-10H2,1H3/b3-2-. The predicted molar refractivity (Wildman–Crippen MR) is 66.4 cm³/mol. The van der Waals surface area contributed by atoms with E-state index in [0.29, 0.717) is 5.54 Å². The molecule has 2 bridgehead atoms. The summed E-state index contributed by atoms with van der Waals surface area (Å²) in [6.45, 7) is 3.86. The molecule has 0 N–H and O–H groups in total. The Morgan fingerprint density at radius 3 is 2.81 bits per heavy atom. The van der Waals surface area contributed by atoms with E-state index < -0.39 is 8.56 Å². The fourth-order valence-corrected chi connectivity index (χ4v) is 6.59. The normalized spacial score (nSPS) is 48.9. The summed E-state index contributed by atoms with van der Waals surface area (Å²) in [7, 11) is -1.94. The van der Waals surface area contributed by atoms with Crippen LogP contribution in [-0.4, -0.2) is 21.8 Å². The average Bonchev–Trinajstić information content (AvgIpc) is 2.85. The molecule has 2 nitrogen and oxygen atoms in total. The molecule has 1 saturated carbocycles. The Hall–Kier alpha value is -0.383. The zero-order chi connectivity index (χ0) is 11.0. The second-order valence-corrected chi connectivity index (χ2v) is 8.67. The summed E-state index contributed by atoms with van der Waals surface area (Å²) in [4.78, 5) is 0. The van der Waals surface area contributed by atoms with Gasteiger partial charge in [-0.25, -0.2) is 0 Å². The van der Waals surface area contributed by atoms with Gasteiger partial charge in [0.25, 0.3) is 0 Å². The van der Waals surface area contributed by atoms with Crippen molar-refractivity contribution in [1.82, 2.24) is 0 Å². The fourth-order valence-electron chi connectivity index (χ4n) is 3.37. The van der Waals surface area contributed by atoms with Crippen molar-refractivity contribution >= 4 is 8.56 Å². The summed E-state index contributed by atoms with van der Waals surface area (Å²) in [6.07, 6.45) is 12.8. The third-order valence-electron chi connectivity index (χ3n) is 4.26. The Balaban J connectivity index is 1.76. The lowest BCUT2D eigenvalue weighted by molar-refractivity contribution is 0.171. The molecule has 4 atom stereocenters. The molecule has 3 aliphatic rings. The molecule has 0 radical (unpaired) electrons. The monoisotopic (exact) mass is 236 g/mol. The summed E-state index contributed by atoms with van der Waals surface area (Å²) in [6, 6.07) is 0. The molecule has 1 heterocycles. The summed E-state index contributed by atoms with van der Waals surface area (Å²) in [5, 5.41) is 0. The first-order chi connectivity index (χ1) is 7.78. The average molecular weight is 236 g/mol. The van der Waals surface area contributed by atoms with Crippen LogP contribution in [0.25, 0.3) is 0 Å². The van der Waals surface area contributed by atoms with Crippen LogP contribution in [0.4, 0.5) is 0 Å². The maximum atomic E-state index is 6.14. The van der Waals surface area contributed by atoms with Crippen LogP contribution in [0.2, 0.25) is 12.1 Å². The van der Waals surface area contributed by atoms with Crippen LogP contribution in [0, 0.1) is 11.8 Å². The Labute approximate surface area is 98.6 Å². The number of hydrogen-bond acceptors (Lipinski definition) is 2. The van der Waals surface area contributed by atoms with Gasteiger partial charge in [0.05, 0.1) is 6.61 Å². The molecule has 3 rings (SSSR count). The van der Waals surface area contributed by atoms with E-state index in [4.69, 9.17) is 8.85 Å². The van der Waals surface area contributed by atoms with Crippen LogP contribution < -0.4 is 0 Å². The van der Waals surface area contributed by atoms with Crippen LogP contribution in [0.3, 0.4) is 0 Å². The minimum Gasteiger partial charge on any atom is -0.394 e. The first-order valence-corrected chi connectivity index (χ1v) is 8.78. The van der Waals surface area contributed by atoms with E-state index in [-0.39, 0.29) is 0 Å². The van der Waals surface area contributed by atoms with Crippen molar-refractivity contribution in [3.63, 3.8) is 0 Å². The molecule has 88 valence electrons. The van der Waals surface area contributed by atoms with Gasteiger partial charge in [-0.3, -0.25) is 0 Å². The second kappa shape index (κ2) is 4.13. The zero-order valence-electron chi connectivity index (χ0n) is 9.89. The highest BCUT2D eigenvalue weighted by atomic mass is 28.4. The molecule has 0 saturated heterocycles. The second-order valence-electron chi connectivity index (χ2n) is 5.32. The van der Waals surface area contributed by atoms with E-state index in [0.717, 1.165) is 31.5 Å². The number of fused-ring (bicyclic) bond motifs is 2. The molecule has 0 aromatic heterocycles. The van der Waals surface area contributed by atoms with Crippen molar-refractivity contribution in [3.8, 4) is 0 Å². The lowest BCUT2D eigenvalue weighted by Gasteiger charge is -2.36. The third-order valence-corrected chi connectivity index (χ3v) is 7.79. The maximum Gasteiger partial charge on any atom is 0.339 e. The van der Waals surface area contributed by atoms with Gasteiger partial charge < -0.3 is 8.85 Å². The largest absolute Gasteiger partial charge is 0.394 e. The molecule has 1 fully saturated rings. The van der Waals surface area contributed by atoms with Crippen LogP contribution in [0.15, 0.2) is 24.3 Å². The van der Waals surface area contributed by atoms with Gasteiger partial charge in [0.1, 0.15) is 0 Å². The summed E-state index contributed by atoms with van der Waals surface area (Å²) in [5.41, 5.74) is 0.689. The van der Waals surface area contributed by atoms with Crippen molar-refractivity contribution in [3.05, 3.63) is 24.3 Å². The lowest BCUT2D eigenvalue weighted by Crippen LogP contribution is -2.46. The van der Waals surface area contributed by atoms with Crippen molar-refractivity contribution in [2.75, 3.05) is 13.2 Å². The molecule has 0 spiro atoms. The fraction of sp³-hybridized carbons (Fsp3) is 0.692. The number of rotatable bonds is 1. The summed E-state index contributed by atoms with van der Waals surface area (Å²) >= 11 is 0. The van der Waals surface area contributed by atoms with Crippen molar-refractivity contribution in [2.24, 2.45) is 11.8 Å². The predicted octanol–water partition coefficient (Wildman–Crippen LogP) is 3.02. The lowest BCUT2D eigenvalue weighted by atomic mass is 10.1. The Morgan fingerprint density at radius 1 is 1.12 bits per heavy atom. The molecule has 0 aromatic carbocycles. The molecular weight excluding hydrogens is 216 g/mol. The van der Waals surface area contributed by atoms with Crippen molar-refractivity contribution in [2.45, 2.75) is 31.4 Å². The highest BCUT2D eigenvalue weighted by Crippen LogP contribution is 2.52. The molecule has 3 heteroatoms. The highest BCUT2D eigenvalue weighted by Gasteiger charge is 2.50. The molecule has 16 heavy (non-hydrogen) atoms. The molecular formula is C13H20O2Si. The maximum absolute atomic E-state index is 6.14. The quantitative estimate of drug-likeness (QED) is 0.515. The van der Waals surface area contributed by atoms with Gasteiger partial charge in [-0.2, -0.15) is 0 Å². The van der Waals surface area contributed by atoms with Gasteiger partial charge in [0.15, 0.2) is 0 Å². The van der Waals surface area contributed by atoms with E-state index in [1.54, 1.807) is 0 Å². The van der Waals surface area contributed by atoms with Crippen LogP contribution in [0.5, 0.6) is 0 Å². The molecule has 0 amide bonds.